The molecule has 2 nitrogen and oxygen atoms in total. The van der Waals surface area contributed by atoms with Gasteiger partial charge in [-0.3, -0.25) is 4.79 Å². The average Bonchev–Trinajstić information content (AvgIpc) is 2.18. The minimum Gasteiger partial charge on any atom is -0.339 e. The van der Waals surface area contributed by atoms with Gasteiger partial charge in [0.05, 0.1) is 0 Å². The van der Waals surface area contributed by atoms with E-state index in [4.69, 9.17) is 0 Å². The van der Waals surface area contributed by atoms with Crippen molar-refractivity contribution in [3.8, 4) is 11.8 Å². The number of hydrogen-bond donors (Lipinski definition) is 0. The van der Waals surface area contributed by atoms with Crippen LogP contribution in [0.15, 0.2) is 12.7 Å². The molecule has 70 valence electrons. The van der Waals surface area contributed by atoms with Gasteiger partial charge in [-0.1, -0.05) is 6.58 Å². The van der Waals surface area contributed by atoms with Gasteiger partial charge in [-0.15, -0.1) is 11.8 Å². The Morgan fingerprint density at radius 1 is 1.54 bits per heavy atom. The number of likely N-dealkylation sites (tertiary alicyclic amines) is 1. The Morgan fingerprint density at radius 3 is 2.62 bits per heavy atom. The molecule has 0 radical (unpaired) electrons. The smallest absolute Gasteiger partial charge is 0.245 e. The van der Waals surface area contributed by atoms with Crippen LogP contribution < -0.4 is 0 Å². The highest BCUT2D eigenvalue weighted by molar-refractivity contribution is 5.87. The molecule has 0 unspecified atom stereocenters. The maximum Gasteiger partial charge on any atom is 0.245 e. The number of hydrogen-bond acceptors (Lipinski definition) is 1. The number of carbonyl (C=O) groups excluding carboxylic acids is 1. The highest BCUT2D eigenvalue weighted by Crippen LogP contribution is 2.16. The Labute approximate surface area is 79.6 Å². The van der Waals surface area contributed by atoms with Gasteiger partial charge in [-0.05, 0) is 25.8 Å². The zero-order chi connectivity index (χ0) is 9.68. The summed E-state index contributed by atoms with van der Waals surface area (Å²) in [6.07, 6.45) is 3.38. The van der Waals surface area contributed by atoms with Crippen LogP contribution in [0.25, 0.3) is 0 Å². The first-order chi connectivity index (χ1) is 6.27. The standard InChI is InChI=1S/C11H15NO/c1-3-5-10-6-8-12(9-7-10)11(13)4-2/h4,10H,2,6-9H2,1H3. The van der Waals surface area contributed by atoms with E-state index < -0.39 is 0 Å². The van der Waals surface area contributed by atoms with Gasteiger partial charge in [-0.25, -0.2) is 0 Å². The SMILES string of the molecule is C=CC(=O)N1CCC(C#CC)CC1. The van der Waals surface area contributed by atoms with Crippen molar-refractivity contribution in [3.63, 3.8) is 0 Å². The Kier molecular flexibility index (Phi) is 3.57. The lowest BCUT2D eigenvalue weighted by molar-refractivity contribution is -0.127. The maximum atomic E-state index is 11.2. The van der Waals surface area contributed by atoms with Crippen molar-refractivity contribution >= 4 is 5.91 Å². The van der Waals surface area contributed by atoms with Crippen molar-refractivity contribution in [2.24, 2.45) is 5.92 Å². The molecule has 0 bridgehead atoms. The predicted molar refractivity (Wildman–Crippen MR) is 53.0 cm³/mol. The molecule has 0 aromatic heterocycles. The fourth-order valence-corrected chi connectivity index (χ4v) is 1.58. The molecule has 13 heavy (non-hydrogen) atoms. The molecule has 1 amide bonds. The van der Waals surface area contributed by atoms with Crippen LogP contribution in [0, 0.1) is 17.8 Å². The van der Waals surface area contributed by atoms with E-state index in [-0.39, 0.29) is 5.91 Å². The predicted octanol–water partition coefficient (Wildman–Crippen LogP) is 1.43. The van der Waals surface area contributed by atoms with Crippen molar-refractivity contribution in [1.29, 1.82) is 0 Å². The van der Waals surface area contributed by atoms with E-state index in [0.717, 1.165) is 25.9 Å². The first-order valence-corrected chi connectivity index (χ1v) is 4.61. The largest absolute Gasteiger partial charge is 0.339 e. The first kappa shape index (κ1) is 9.85. The van der Waals surface area contributed by atoms with E-state index in [1.165, 1.54) is 6.08 Å². The van der Waals surface area contributed by atoms with Crippen molar-refractivity contribution < 1.29 is 4.79 Å². The monoisotopic (exact) mass is 177 g/mol. The Bertz CT molecular complexity index is 251. The molecule has 0 saturated carbocycles. The van der Waals surface area contributed by atoms with Crippen LogP contribution >= 0.6 is 0 Å². The zero-order valence-electron chi connectivity index (χ0n) is 8.05. The lowest BCUT2D eigenvalue weighted by Gasteiger charge is -2.28. The van der Waals surface area contributed by atoms with Crippen LogP contribution in [0.2, 0.25) is 0 Å². The van der Waals surface area contributed by atoms with Crippen LogP contribution in [0.4, 0.5) is 0 Å². The summed E-state index contributed by atoms with van der Waals surface area (Å²) in [6.45, 7) is 6.98. The van der Waals surface area contributed by atoms with Gasteiger partial charge < -0.3 is 4.90 Å². The highest BCUT2D eigenvalue weighted by atomic mass is 16.2. The molecular formula is C11H15NO. The van der Waals surface area contributed by atoms with E-state index in [9.17, 15) is 4.79 Å². The lowest BCUT2D eigenvalue weighted by atomic mass is 9.97. The molecule has 0 N–H and O–H groups in total. The van der Waals surface area contributed by atoms with Gasteiger partial charge in [0.15, 0.2) is 0 Å². The van der Waals surface area contributed by atoms with E-state index in [0.29, 0.717) is 5.92 Å². The van der Waals surface area contributed by atoms with Crippen molar-refractivity contribution in [2.75, 3.05) is 13.1 Å². The Hall–Kier alpha value is -1.23. The van der Waals surface area contributed by atoms with Gasteiger partial charge in [0, 0.05) is 19.0 Å². The normalized spacial score (nSPS) is 17.5. The number of nitrogens with zero attached hydrogens (tertiary/aromatic N) is 1. The topological polar surface area (TPSA) is 20.3 Å². The minimum atomic E-state index is 0.0444. The van der Waals surface area contributed by atoms with E-state index in [1.54, 1.807) is 0 Å². The summed E-state index contributed by atoms with van der Waals surface area (Å²) in [5.74, 6) is 6.60. The summed E-state index contributed by atoms with van der Waals surface area (Å²) in [5, 5.41) is 0. The van der Waals surface area contributed by atoms with Crippen molar-refractivity contribution in [3.05, 3.63) is 12.7 Å². The Balaban J connectivity index is 2.41. The van der Waals surface area contributed by atoms with Gasteiger partial charge in [0.1, 0.15) is 0 Å². The van der Waals surface area contributed by atoms with Gasteiger partial charge in [0.2, 0.25) is 5.91 Å². The second kappa shape index (κ2) is 4.71. The highest BCUT2D eigenvalue weighted by Gasteiger charge is 2.19. The van der Waals surface area contributed by atoms with Crippen molar-refractivity contribution in [1.82, 2.24) is 4.90 Å². The second-order valence-electron chi connectivity index (χ2n) is 3.20. The lowest BCUT2D eigenvalue weighted by Crippen LogP contribution is -2.37. The Morgan fingerprint density at radius 2 is 2.15 bits per heavy atom. The number of piperidine rings is 1. The molecule has 1 rings (SSSR count). The van der Waals surface area contributed by atoms with Crippen LogP contribution in [-0.2, 0) is 4.79 Å². The number of amides is 1. The third kappa shape index (κ3) is 2.62. The van der Waals surface area contributed by atoms with Gasteiger partial charge >= 0.3 is 0 Å². The molecule has 0 atom stereocenters. The van der Waals surface area contributed by atoms with Gasteiger partial charge in [-0.2, -0.15) is 0 Å². The van der Waals surface area contributed by atoms with E-state index in [2.05, 4.69) is 18.4 Å². The molecule has 2 heteroatoms. The molecule has 1 heterocycles. The van der Waals surface area contributed by atoms with Crippen LogP contribution in [-0.4, -0.2) is 23.9 Å². The number of rotatable bonds is 1. The molecule has 0 aliphatic carbocycles. The summed E-state index contributed by atoms with van der Waals surface area (Å²) in [7, 11) is 0. The van der Waals surface area contributed by atoms with E-state index in [1.807, 2.05) is 11.8 Å². The fourth-order valence-electron chi connectivity index (χ4n) is 1.58. The van der Waals surface area contributed by atoms with Crippen molar-refractivity contribution in [2.45, 2.75) is 19.8 Å². The molecule has 0 spiro atoms. The molecule has 1 fully saturated rings. The minimum absolute atomic E-state index is 0.0444. The quantitative estimate of drug-likeness (QED) is 0.438. The third-order valence-corrected chi connectivity index (χ3v) is 2.33. The molecular weight excluding hydrogens is 162 g/mol. The molecule has 0 aromatic rings. The summed E-state index contributed by atoms with van der Waals surface area (Å²) in [5.41, 5.74) is 0. The second-order valence-corrected chi connectivity index (χ2v) is 3.20. The fraction of sp³-hybridized carbons (Fsp3) is 0.545. The van der Waals surface area contributed by atoms with Crippen LogP contribution in [0.3, 0.4) is 0 Å². The average molecular weight is 177 g/mol. The van der Waals surface area contributed by atoms with Gasteiger partial charge in [0.25, 0.3) is 0 Å². The maximum absolute atomic E-state index is 11.2. The first-order valence-electron chi connectivity index (χ1n) is 4.61. The molecule has 1 saturated heterocycles. The summed E-state index contributed by atoms with van der Waals surface area (Å²) in [4.78, 5) is 13.0. The van der Waals surface area contributed by atoms with E-state index >= 15 is 0 Å². The summed E-state index contributed by atoms with van der Waals surface area (Å²) >= 11 is 0. The molecule has 1 aliphatic rings. The zero-order valence-corrected chi connectivity index (χ0v) is 8.05. The van der Waals surface area contributed by atoms with Crippen LogP contribution in [0.1, 0.15) is 19.8 Å². The molecule has 1 aliphatic heterocycles. The number of carbonyl (C=O) groups is 1. The third-order valence-electron chi connectivity index (χ3n) is 2.33. The molecule has 0 aromatic carbocycles. The summed E-state index contributed by atoms with van der Waals surface area (Å²) in [6, 6.07) is 0. The summed E-state index contributed by atoms with van der Waals surface area (Å²) < 4.78 is 0. The van der Waals surface area contributed by atoms with Crippen LogP contribution in [0.5, 0.6) is 0 Å².